The minimum Gasteiger partial charge on any atom is -0.355 e. The second kappa shape index (κ2) is 6.05. The molecule has 15 heavy (non-hydrogen) atoms. The van der Waals surface area contributed by atoms with Crippen molar-refractivity contribution in [3.63, 3.8) is 0 Å². The molecule has 3 nitrogen and oxygen atoms in total. The van der Waals surface area contributed by atoms with Gasteiger partial charge in [0.25, 0.3) is 0 Å². The van der Waals surface area contributed by atoms with Gasteiger partial charge in [0.15, 0.2) is 0 Å². The van der Waals surface area contributed by atoms with Crippen LogP contribution in [0.15, 0.2) is 18.3 Å². The zero-order chi connectivity index (χ0) is 11.1. The predicted molar refractivity (Wildman–Crippen MR) is 59.4 cm³/mol. The molecule has 0 aliphatic carbocycles. The Kier molecular flexibility index (Phi) is 4.65. The highest BCUT2D eigenvalue weighted by Crippen LogP contribution is 2.09. The van der Waals surface area contributed by atoms with Gasteiger partial charge in [-0.3, -0.25) is 4.79 Å². The molecule has 0 radical (unpaired) electrons. The molecule has 0 saturated carbocycles. The minimum absolute atomic E-state index is 0.0452. The maximum Gasteiger partial charge on any atom is 0.216 e. The average molecular weight is 223 g/mol. The number of halogens is 1. The van der Waals surface area contributed by atoms with E-state index in [1.54, 1.807) is 18.3 Å². The van der Waals surface area contributed by atoms with E-state index in [0.717, 1.165) is 0 Å². The molecule has 0 fully saturated rings. The van der Waals surface area contributed by atoms with Crippen molar-refractivity contribution in [2.45, 2.75) is 13.3 Å². The molecular formula is C11H11ClN2O. The first-order valence-corrected chi connectivity index (χ1v) is 4.92. The standard InChI is InChI=1S/C11H11ClN2O/c1-9(15)13-7-3-2-5-10-6-4-8-14-11(10)12/h4,6,8H,3,7H2,1H3,(H,13,15). The Hall–Kier alpha value is -1.53. The zero-order valence-electron chi connectivity index (χ0n) is 8.38. The molecule has 0 aliphatic heterocycles. The number of carbonyl (C=O) groups excluding carboxylic acids is 1. The summed E-state index contributed by atoms with van der Waals surface area (Å²) in [4.78, 5) is 14.4. The summed E-state index contributed by atoms with van der Waals surface area (Å²) < 4.78 is 0. The predicted octanol–water partition coefficient (Wildman–Crippen LogP) is 1.61. The summed E-state index contributed by atoms with van der Waals surface area (Å²) in [5, 5.41) is 3.06. The molecule has 0 spiro atoms. The van der Waals surface area contributed by atoms with Crippen LogP contribution in [0.2, 0.25) is 5.15 Å². The Balaban J connectivity index is 2.45. The lowest BCUT2D eigenvalue weighted by molar-refractivity contribution is -0.118. The van der Waals surface area contributed by atoms with Crippen molar-refractivity contribution in [1.29, 1.82) is 0 Å². The van der Waals surface area contributed by atoms with Gasteiger partial charge in [0, 0.05) is 26.1 Å². The highest BCUT2D eigenvalue weighted by atomic mass is 35.5. The molecule has 1 aromatic rings. The molecule has 0 unspecified atom stereocenters. The lowest BCUT2D eigenvalue weighted by Gasteiger charge is -1.95. The van der Waals surface area contributed by atoms with Crippen molar-refractivity contribution in [3.05, 3.63) is 29.0 Å². The van der Waals surface area contributed by atoms with Crippen LogP contribution in [-0.2, 0) is 4.79 Å². The fourth-order valence-corrected chi connectivity index (χ4v) is 1.10. The number of nitrogens with zero attached hydrogens (tertiary/aromatic N) is 1. The fourth-order valence-electron chi connectivity index (χ4n) is 0.938. The lowest BCUT2D eigenvalue weighted by Crippen LogP contribution is -2.20. The van der Waals surface area contributed by atoms with E-state index in [1.807, 2.05) is 0 Å². The smallest absolute Gasteiger partial charge is 0.216 e. The minimum atomic E-state index is -0.0452. The zero-order valence-corrected chi connectivity index (χ0v) is 9.14. The maximum absolute atomic E-state index is 10.5. The molecule has 1 heterocycles. The summed E-state index contributed by atoms with van der Waals surface area (Å²) in [6.45, 7) is 2.03. The van der Waals surface area contributed by atoms with Crippen LogP contribution in [0.25, 0.3) is 0 Å². The molecule has 0 saturated heterocycles. The number of amides is 1. The SMILES string of the molecule is CC(=O)NCCC#Cc1cccnc1Cl. The van der Waals surface area contributed by atoms with Gasteiger partial charge in [0.05, 0.1) is 5.56 Å². The van der Waals surface area contributed by atoms with Gasteiger partial charge in [-0.25, -0.2) is 4.98 Å². The Morgan fingerprint density at radius 2 is 2.47 bits per heavy atom. The molecule has 1 N–H and O–H groups in total. The van der Waals surface area contributed by atoms with Crippen molar-refractivity contribution >= 4 is 17.5 Å². The van der Waals surface area contributed by atoms with E-state index in [-0.39, 0.29) is 5.91 Å². The van der Waals surface area contributed by atoms with Crippen molar-refractivity contribution in [1.82, 2.24) is 10.3 Å². The third kappa shape index (κ3) is 4.48. The molecule has 0 atom stereocenters. The highest BCUT2D eigenvalue weighted by Gasteiger charge is 1.94. The van der Waals surface area contributed by atoms with E-state index < -0.39 is 0 Å². The number of carbonyl (C=O) groups is 1. The van der Waals surface area contributed by atoms with E-state index in [0.29, 0.717) is 23.7 Å². The summed E-state index contributed by atoms with van der Waals surface area (Å²) in [6.07, 6.45) is 2.22. The lowest BCUT2D eigenvalue weighted by atomic mass is 10.3. The average Bonchev–Trinajstić information content (AvgIpc) is 2.20. The first-order chi connectivity index (χ1) is 7.20. The van der Waals surface area contributed by atoms with Crippen LogP contribution in [0, 0.1) is 11.8 Å². The molecule has 78 valence electrons. The monoisotopic (exact) mass is 222 g/mol. The number of rotatable bonds is 2. The van der Waals surface area contributed by atoms with Crippen LogP contribution in [0.1, 0.15) is 18.9 Å². The van der Waals surface area contributed by atoms with Gasteiger partial charge >= 0.3 is 0 Å². The van der Waals surface area contributed by atoms with Crippen LogP contribution >= 0.6 is 11.6 Å². The van der Waals surface area contributed by atoms with E-state index >= 15 is 0 Å². The van der Waals surface area contributed by atoms with Gasteiger partial charge in [0.2, 0.25) is 5.91 Å². The van der Waals surface area contributed by atoms with Crippen LogP contribution < -0.4 is 5.32 Å². The van der Waals surface area contributed by atoms with Gasteiger partial charge in [-0.1, -0.05) is 23.4 Å². The Morgan fingerprint density at radius 1 is 1.67 bits per heavy atom. The Bertz CT molecular complexity index is 407. The third-order valence-corrected chi connectivity index (χ3v) is 1.91. The summed E-state index contributed by atoms with van der Waals surface area (Å²) in [7, 11) is 0. The van der Waals surface area contributed by atoms with Crippen molar-refractivity contribution < 1.29 is 4.79 Å². The van der Waals surface area contributed by atoms with Gasteiger partial charge in [-0.05, 0) is 12.1 Å². The van der Waals surface area contributed by atoms with Gasteiger partial charge in [-0.15, -0.1) is 0 Å². The normalized spacial score (nSPS) is 8.93. The second-order valence-corrected chi connectivity index (χ2v) is 3.23. The molecule has 1 amide bonds. The van der Waals surface area contributed by atoms with Crippen molar-refractivity contribution in [2.24, 2.45) is 0 Å². The molecule has 1 aromatic heterocycles. The quantitative estimate of drug-likeness (QED) is 0.469. The molecule has 0 bridgehead atoms. The van der Waals surface area contributed by atoms with Crippen molar-refractivity contribution in [2.75, 3.05) is 6.54 Å². The third-order valence-electron chi connectivity index (χ3n) is 1.61. The van der Waals surface area contributed by atoms with E-state index in [9.17, 15) is 4.79 Å². The second-order valence-electron chi connectivity index (χ2n) is 2.88. The number of hydrogen-bond donors (Lipinski definition) is 1. The topological polar surface area (TPSA) is 42.0 Å². The van der Waals surface area contributed by atoms with Crippen LogP contribution in [-0.4, -0.2) is 17.4 Å². The Labute approximate surface area is 93.9 Å². The van der Waals surface area contributed by atoms with E-state index in [4.69, 9.17) is 11.6 Å². The molecule has 0 aliphatic rings. The number of hydrogen-bond acceptors (Lipinski definition) is 2. The summed E-state index contributed by atoms with van der Waals surface area (Å²) in [6, 6.07) is 3.59. The summed E-state index contributed by atoms with van der Waals surface area (Å²) >= 11 is 5.80. The van der Waals surface area contributed by atoms with Gasteiger partial charge in [0.1, 0.15) is 5.15 Å². The van der Waals surface area contributed by atoms with Crippen LogP contribution in [0.4, 0.5) is 0 Å². The first kappa shape index (κ1) is 11.5. The van der Waals surface area contributed by atoms with Gasteiger partial charge in [-0.2, -0.15) is 0 Å². The number of nitrogens with one attached hydrogen (secondary N) is 1. The van der Waals surface area contributed by atoms with Crippen molar-refractivity contribution in [3.8, 4) is 11.8 Å². The van der Waals surface area contributed by atoms with Crippen LogP contribution in [0.3, 0.4) is 0 Å². The fraction of sp³-hybridized carbons (Fsp3) is 0.273. The molecule has 0 aromatic carbocycles. The maximum atomic E-state index is 10.5. The molecule has 4 heteroatoms. The number of aromatic nitrogens is 1. The van der Waals surface area contributed by atoms with Crippen LogP contribution in [0.5, 0.6) is 0 Å². The van der Waals surface area contributed by atoms with E-state index in [2.05, 4.69) is 22.1 Å². The summed E-state index contributed by atoms with van der Waals surface area (Å²) in [5.41, 5.74) is 0.710. The highest BCUT2D eigenvalue weighted by molar-refractivity contribution is 6.30. The largest absolute Gasteiger partial charge is 0.355 e. The molecular weight excluding hydrogens is 212 g/mol. The molecule has 1 rings (SSSR count). The van der Waals surface area contributed by atoms with E-state index in [1.165, 1.54) is 6.92 Å². The number of pyridine rings is 1. The van der Waals surface area contributed by atoms with Gasteiger partial charge < -0.3 is 5.32 Å². The first-order valence-electron chi connectivity index (χ1n) is 4.54. The summed E-state index contributed by atoms with van der Waals surface area (Å²) in [5.74, 6) is 5.75. The Morgan fingerprint density at radius 3 is 3.13 bits per heavy atom.